The van der Waals surface area contributed by atoms with E-state index in [9.17, 15) is 4.79 Å². The van der Waals surface area contributed by atoms with E-state index in [2.05, 4.69) is 5.43 Å². The average molecular weight is 245 g/mol. The van der Waals surface area contributed by atoms with E-state index >= 15 is 0 Å². The van der Waals surface area contributed by atoms with Crippen LogP contribution in [0, 0.1) is 0 Å². The lowest BCUT2D eigenvalue weighted by molar-refractivity contribution is -0.144. The molecule has 0 spiro atoms. The van der Waals surface area contributed by atoms with Gasteiger partial charge in [0, 0.05) is 10.6 Å². The van der Waals surface area contributed by atoms with E-state index in [1.165, 1.54) is 20.1 Å². The van der Waals surface area contributed by atoms with Crippen LogP contribution >= 0.6 is 11.6 Å². The first kappa shape index (κ1) is 12.8. The Bertz CT molecular complexity index is 411. The molecular weight excluding hydrogens is 232 g/mol. The maximum atomic E-state index is 11.2. The first-order valence-electron chi connectivity index (χ1n) is 4.51. The molecule has 88 valence electrons. The number of rotatable bonds is 4. The molecule has 1 rings (SSSR count). The van der Waals surface area contributed by atoms with E-state index in [0.717, 1.165) is 0 Å². The Kier molecular flexibility index (Phi) is 3.74. The Balaban J connectivity index is 3.39. The fraction of sp³-hybridized carbons (Fsp3) is 0.300. The number of carboxylic acid groups (broad SMARTS) is 1. The standard InChI is InChI=1S/C10H13ClN2O3/c1-10(13-12,9(14)15)7-5-6(11)3-4-8(7)16-2/h3-5,13H,12H2,1-2H3,(H,14,15). The van der Waals surface area contributed by atoms with E-state index in [1.54, 1.807) is 12.1 Å². The highest BCUT2D eigenvalue weighted by molar-refractivity contribution is 6.30. The molecule has 5 nitrogen and oxygen atoms in total. The van der Waals surface area contributed by atoms with Crippen LogP contribution in [0.3, 0.4) is 0 Å². The number of hydrazine groups is 1. The summed E-state index contributed by atoms with van der Waals surface area (Å²) in [6.07, 6.45) is 0. The molecule has 0 aliphatic carbocycles. The van der Waals surface area contributed by atoms with Gasteiger partial charge in [-0.2, -0.15) is 0 Å². The van der Waals surface area contributed by atoms with Gasteiger partial charge < -0.3 is 9.84 Å². The molecule has 0 saturated carbocycles. The van der Waals surface area contributed by atoms with Crippen molar-refractivity contribution < 1.29 is 14.6 Å². The van der Waals surface area contributed by atoms with Crippen molar-refractivity contribution in [3.05, 3.63) is 28.8 Å². The van der Waals surface area contributed by atoms with Crippen LogP contribution in [0.1, 0.15) is 12.5 Å². The maximum Gasteiger partial charge on any atom is 0.329 e. The zero-order valence-electron chi connectivity index (χ0n) is 8.95. The Hall–Kier alpha value is -1.30. The molecule has 4 N–H and O–H groups in total. The van der Waals surface area contributed by atoms with Crippen molar-refractivity contribution in [1.82, 2.24) is 5.43 Å². The van der Waals surface area contributed by atoms with Crippen LogP contribution in [0.5, 0.6) is 5.75 Å². The molecule has 0 aromatic heterocycles. The summed E-state index contributed by atoms with van der Waals surface area (Å²) < 4.78 is 5.08. The van der Waals surface area contributed by atoms with E-state index in [0.29, 0.717) is 16.3 Å². The molecule has 0 bridgehead atoms. The number of carbonyl (C=O) groups is 1. The minimum atomic E-state index is -1.45. The van der Waals surface area contributed by atoms with Gasteiger partial charge in [-0.15, -0.1) is 0 Å². The summed E-state index contributed by atoms with van der Waals surface area (Å²) in [5, 5.41) is 9.57. The molecule has 1 atom stereocenters. The van der Waals surface area contributed by atoms with E-state index in [4.69, 9.17) is 27.3 Å². The molecule has 1 aromatic carbocycles. The number of methoxy groups -OCH3 is 1. The molecule has 0 heterocycles. The van der Waals surface area contributed by atoms with Gasteiger partial charge in [-0.3, -0.25) is 5.84 Å². The monoisotopic (exact) mass is 244 g/mol. The molecule has 0 saturated heterocycles. The third kappa shape index (κ3) is 2.11. The minimum absolute atomic E-state index is 0.373. The van der Waals surface area contributed by atoms with Crippen molar-refractivity contribution >= 4 is 17.6 Å². The SMILES string of the molecule is COc1ccc(Cl)cc1C(C)(NN)C(=O)O. The van der Waals surface area contributed by atoms with Crippen molar-refractivity contribution in [2.75, 3.05) is 7.11 Å². The van der Waals surface area contributed by atoms with Crippen LogP contribution < -0.4 is 16.0 Å². The predicted molar refractivity (Wildman–Crippen MR) is 60.3 cm³/mol. The molecule has 0 radical (unpaired) electrons. The third-order valence-corrected chi connectivity index (χ3v) is 2.65. The number of carboxylic acids is 1. The fourth-order valence-corrected chi connectivity index (χ4v) is 1.50. The zero-order chi connectivity index (χ0) is 12.3. The quantitative estimate of drug-likeness (QED) is 0.546. The lowest BCUT2D eigenvalue weighted by atomic mass is 9.92. The Labute approximate surface area is 98.1 Å². The molecule has 1 unspecified atom stereocenters. The second kappa shape index (κ2) is 4.69. The molecule has 1 aromatic rings. The lowest BCUT2D eigenvalue weighted by Gasteiger charge is -2.26. The summed E-state index contributed by atoms with van der Waals surface area (Å²) in [4.78, 5) is 11.2. The second-order valence-electron chi connectivity index (χ2n) is 3.42. The summed E-state index contributed by atoms with van der Waals surface area (Å²) >= 11 is 5.82. The van der Waals surface area contributed by atoms with E-state index in [-0.39, 0.29) is 0 Å². The molecule has 0 aliphatic heterocycles. The second-order valence-corrected chi connectivity index (χ2v) is 3.86. The van der Waals surface area contributed by atoms with Crippen LogP contribution in [0.15, 0.2) is 18.2 Å². The Morgan fingerprint density at radius 3 is 2.69 bits per heavy atom. The van der Waals surface area contributed by atoms with Crippen molar-refractivity contribution in [2.24, 2.45) is 5.84 Å². The van der Waals surface area contributed by atoms with E-state index < -0.39 is 11.5 Å². The molecule has 0 amide bonds. The number of hydrogen-bond acceptors (Lipinski definition) is 4. The summed E-state index contributed by atoms with van der Waals surface area (Å²) in [6.45, 7) is 1.43. The zero-order valence-corrected chi connectivity index (χ0v) is 9.71. The Morgan fingerprint density at radius 2 is 2.25 bits per heavy atom. The number of ether oxygens (including phenoxy) is 1. The van der Waals surface area contributed by atoms with Crippen LogP contribution in [0.25, 0.3) is 0 Å². The molecule has 0 aliphatic rings. The van der Waals surface area contributed by atoms with Crippen molar-refractivity contribution in [2.45, 2.75) is 12.5 Å². The molecule has 0 fully saturated rings. The van der Waals surface area contributed by atoms with Gasteiger partial charge in [0.25, 0.3) is 0 Å². The summed E-state index contributed by atoms with van der Waals surface area (Å²) in [6, 6.07) is 4.72. The van der Waals surface area contributed by atoms with Crippen molar-refractivity contribution in [3.63, 3.8) is 0 Å². The van der Waals surface area contributed by atoms with Crippen LogP contribution in [0.4, 0.5) is 0 Å². The number of benzene rings is 1. The lowest BCUT2D eigenvalue weighted by Crippen LogP contribution is -2.50. The number of nitrogens with two attached hydrogens (primary N) is 1. The highest BCUT2D eigenvalue weighted by Gasteiger charge is 2.36. The number of nitrogens with one attached hydrogen (secondary N) is 1. The summed E-state index contributed by atoms with van der Waals surface area (Å²) in [7, 11) is 1.45. The summed E-state index contributed by atoms with van der Waals surface area (Å²) in [5.74, 6) is 4.58. The van der Waals surface area contributed by atoms with Gasteiger partial charge in [0.2, 0.25) is 0 Å². The number of aliphatic carboxylic acids is 1. The highest BCUT2D eigenvalue weighted by atomic mass is 35.5. The fourth-order valence-electron chi connectivity index (χ4n) is 1.33. The number of halogens is 1. The van der Waals surface area contributed by atoms with Gasteiger partial charge in [-0.05, 0) is 25.1 Å². The van der Waals surface area contributed by atoms with Gasteiger partial charge in [-0.25, -0.2) is 10.2 Å². The topological polar surface area (TPSA) is 84.6 Å². The smallest absolute Gasteiger partial charge is 0.329 e. The van der Waals surface area contributed by atoms with Crippen LogP contribution in [-0.4, -0.2) is 18.2 Å². The maximum absolute atomic E-state index is 11.2. The normalized spacial score (nSPS) is 14.2. The first-order valence-corrected chi connectivity index (χ1v) is 4.88. The van der Waals surface area contributed by atoms with Crippen molar-refractivity contribution in [3.8, 4) is 5.75 Å². The minimum Gasteiger partial charge on any atom is -0.496 e. The molecular formula is C10H13ClN2O3. The largest absolute Gasteiger partial charge is 0.496 e. The average Bonchev–Trinajstić information content (AvgIpc) is 2.27. The highest BCUT2D eigenvalue weighted by Crippen LogP contribution is 2.32. The predicted octanol–water partition coefficient (Wildman–Crippen LogP) is 1.11. The Morgan fingerprint density at radius 1 is 1.62 bits per heavy atom. The third-order valence-electron chi connectivity index (χ3n) is 2.42. The van der Waals surface area contributed by atoms with Crippen LogP contribution in [-0.2, 0) is 10.3 Å². The van der Waals surface area contributed by atoms with Gasteiger partial charge in [0.05, 0.1) is 7.11 Å². The van der Waals surface area contributed by atoms with E-state index in [1.807, 2.05) is 0 Å². The molecule has 6 heteroatoms. The van der Waals surface area contributed by atoms with Gasteiger partial charge in [0.15, 0.2) is 5.54 Å². The van der Waals surface area contributed by atoms with Gasteiger partial charge >= 0.3 is 5.97 Å². The summed E-state index contributed by atoms with van der Waals surface area (Å²) in [5.41, 5.74) is 1.18. The van der Waals surface area contributed by atoms with Gasteiger partial charge in [0.1, 0.15) is 5.75 Å². The number of hydrogen-bond donors (Lipinski definition) is 3. The van der Waals surface area contributed by atoms with Crippen LogP contribution in [0.2, 0.25) is 5.02 Å². The van der Waals surface area contributed by atoms with Crippen molar-refractivity contribution in [1.29, 1.82) is 0 Å². The molecule has 16 heavy (non-hydrogen) atoms. The first-order chi connectivity index (χ1) is 7.45. The van der Waals surface area contributed by atoms with Gasteiger partial charge in [-0.1, -0.05) is 11.6 Å².